The van der Waals surface area contributed by atoms with Gasteiger partial charge in [0.2, 0.25) is 5.91 Å². The highest BCUT2D eigenvalue weighted by Crippen LogP contribution is 2.39. The van der Waals surface area contributed by atoms with E-state index in [1.807, 2.05) is 40.1 Å². The van der Waals surface area contributed by atoms with E-state index in [-0.39, 0.29) is 23.9 Å². The SMILES string of the molecule is CCC[C@@H]1C(=O)N(CC2CCC2)C[C@H]2N(CC(C)C)c3ccc(NC(=O)c4ccccc4)cc3C(=O)N12. The first-order valence-corrected chi connectivity index (χ1v) is 13.8. The number of anilines is 2. The van der Waals surface area contributed by atoms with E-state index in [4.69, 9.17) is 0 Å². The lowest BCUT2D eigenvalue weighted by Crippen LogP contribution is -2.70. The molecular weight excluding hydrogens is 464 g/mol. The molecule has 1 saturated carbocycles. The normalized spacial score (nSPS) is 21.6. The Kier molecular flexibility index (Phi) is 7.22. The number of hydrogen-bond donors (Lipinski definition) is 1. The lowest BCUT2D eigenvalue weighted by molar-refractivity contribution is -0.145. The predicted octanol–water partition coefficient (Wildman–Crippen LogP) is 4.99. The molecule has 0 unspecified atom stereocenters. The van der Waals surface area contributed by atoms with E-state index in [0.717, 1.165) is 25.2 Å². The van der Waals surface area contributed by atoms with Gasteiger partial charge in [-0.05, 0) is 61.4 Å². The fourth-order valence-electron chi connectivity index (χ4n) is 5.87. The van der Waals surface area contributed by atoms with Crippen LogP contribution in [-0.2, 0) is 4.79 Å². The molecule has 3 amide bonds. The van der Waals surface area contributed by atoms with Gasteiger partial charge in [0, 0.05) is 24.3 Å². The van der Waals surface area contributed by atoms with Gasteiger partial charge in [0.25, 0.3) is 11.8 Å². The van der Waals surface area contributed by atoms with Gasteiger partial charge >= 0.3 is 0 Å². The van der Waals surface area contributed by atoms with Crippen LogP contribution in [0.15, 0.2) is 48.5 Å². The van der Waals surface area contributed by atoms with Crippen molar-refractivity contribution >= 4 is 29.1 Å². The summed E-state index contributed by atoms with van der Waals surface area (Å²) in [6.45, 7) is 8.54. The van der Waals surface area contributed by atoms with Crippen molar-refractivity contribution in [2.24, 2.45) is 11.8 Å². The van der Waals surface area contributed by atoms with Crippen molar-refractivity contribution in [3.63, 3.8) is 0 Å². The highest BCUT2D eigenvalue weighted by Gasteiger charge is 2.49. The van der Waals surface area contributed by atoms with Gasteiger partial charge in [-0.2, -0.15) is 0 Å². The summed E-state index contributed by atoms with van der Waals surface area (Å²) in [6, 6.07) is 14.2. The van der Waals surface area contributed by atoms with E-state index in [2.05, 4.69) is 31.0 Å². The number of hydrogen-bond acceptors (Lipinski definition) is 4. The lowest BCUT2D eigenvalue weighted by Gasteiger charge is -2.54. The summed E-state index contributed by atoms with van der Waals surface area (Å²) in [5.41, 5.74) is 2.56. The van der Waals surface area contributed by atoms with Crippen LogP contribution in [0.4, 0.5) is 11.4 Å². The molecule has 7 heteroatoms. The van der Waals surface area contributed by atoms with Crippen molar-refractivity contribution in [3.8, 4) is 0 Å². The molecule has 196 valence electrons. The van der Waals surface area contributed by atoms with Crippen LogP contribution in [0.1, 0.15) is 73.6 Å². The molecule has 0 radical (unpaired) electrons. The van der Waals surface area contributed by atoms with Gasteiger partial charge in [-0.25, -0.2) is 0 Å². The summed E-state index contributed by atoms with van der Waals surface area (Å²) >= 11 is 0. The topological polar surface area (TPSA) is 73.0 Å². The van der Waals surface area contributed by atoms with E-state index in [9.17, 15) is 14.4 Å². The van der Waals surface area contributed by atoms with Crippen molar-refractivity contribution in [2.75, 3.05) is 29.9 Å². The smallest absolute Gasteiger partial charge is 0.258 e. The Hall–Kier alpha value is -3.35. The number of fused-ring (bicyclic) bond motifs is 2. The molecule has 5 rings (SSSR count). The van der Waals surface area contributed by atoms with Crippen LogP contribution in [0.25, 0.3) is 0 Å². The minimum atomic E-state index is -0.457. The lowest BCUT2D eigenvalue weighted by atomic mass is 9.84. The largest absolute Gasteiger partial charge is 0.349 e. The van der Waals surface area contributed by atoms with Crippen LogP contribution < -0.4 is 10.2 Å². The van der Waals surface area contributed by atoms with Gasteiger partial charge < -0.3 is 20.0 Å². The van der Waals surface area contributed by atoms with Crippen LogP contribution in [0.3, 0.4) is 0 Å². The first kappa shape index (κ1) is 25.3. The maximum atomic E-state index is 14.0. The Morgan fingerprint density at radius 3 is 2.49 bits per heavy atom. The van der Waals surface area contributed by atoms with Crippen LogP contribution in [0.2, 0.25) is 0 Å². The van der Waals surface area contributed by atoms with Gasteiger partial charge in [-0.3, -0.25) is 14.4 Å². The molecule has 2 aromatic carbocycles. The van der Waals surface area contributed by atoms with Crippen molar-refractivity contribution < 1.29 is 14.4 Å². The van der Waals surface area contributed by atoms with Gasteiger partial charge in [-0.15, -0.1) is 0 Å². The zero-order valence-electron chi connectivity index (χ0n) is 22.2. The third kappa shape index (κ3) is 4.96. The number of nitrogens with one attached hydrogen (secondary N) is 1. The maximum absolute atomic E-state index is 14.0. The van der Waals surface area contributed by atoms with Crippen molar-refractivity contribution in [1.82, 2.24) is 9.80 Å². The van der Waals surface area contributed by atoms with E-state index < -0.39 is 6.04 Å². The molecule has 2 aliphatic heterocycles. The molecule has 2 aromatic rings. The van der Waals surface area contributed by atoms with E-state index >= 15 is 0 Å². The van der Waals surface area contributed by atoms with Crippen LogP contribution in [0.5, 0.6) is 0 Å². The van der Waals surface area contributed by atoms with E-state index in [0.29, 0.717) is 41.6 Å². The molecule has 2 fully saturated rings. The van der Waals surface area contributed by atoms with Gasteiger partial charge in [-0.1, -0.05) is 51.8 Å². The van der Waals surface area contributed by atoms with Gasteiger partial charge in [0.05, 0.1) is 17.8 Å². The third-order valence-electron chi connectivity index (χ3n) is 7.89. The van der Waals surface area contributed by atoms with E-state index in [1.54, 1.807) is 18.2 Å². The fraction of sp³-hybridized carbons (Fsp3) is 0.500. The summed E-state index contributed by atoms with van der Waals surface area (Å²) in [5.74, 6) is 0.705. The highest BCUT2D eigenvalue weighted by atomic mass is 16.2. The van der Waals surface area contributed by atoms with Crippen molar-refractivity contribution in [1.29, 1.82) is 0 Å². The molecule has 2 heterocycles. The molecular formula is C30H38N4O3. The number of carbonyl (C=O) groups excluding carboxylic acids is 3. The van der Waals surface area contributed by atoms with Crippen molar-refractivity contribution in [3.05, 3.63) is 59.7 Å². The Morgan fingerprint density at radius 1 is 1.08 bits per heavy atom. The zero-order valence-corrected chi connectivity index (χ0v) is 22.2. The molecule has 3 aliphatic rings. The standard InChI is InChI=1S/C30H38N4O3/c1-4-9-26-30(37)32(18-21-10-8-11-21)19-27-33(17-20(2)3)25-15-14-23(16-24(25)29(36)34(26)27)31-28(35)22-12-6-5-7-13-22/h5-7,12-16,20-21,26-27H,4,8-11,17-19H2,1-3H3,(H,31,35)/t26-,27+/m1/s1. The zero-order chi connectivity index (χ0) is 26.1. The minimum absolute atomic E-state index is 0.0832. The van der Waals surface area contributed by atoms with Crippen LogP contribution >= 0.6 is 0 Å². The van der Waals surface area contributed by atoms with Crippen LogP contribution in [-0.4, -0.2) is 59.4 Å². The highest BCUT2D eigenvalue weighted by molar-refractivity contribution is 6.08. The second kappa shape index (κ2) is 10.6. The second-order valence-electron chi connectivity index (χ2n) is 11.1. The first-order valence-electron chi connectivity index (χ1n) is 13.8. The Balaban J connectivity index is 1.49. The summed E-state index contributed by atoms with van der Waals surface area (Å²) < 4.78 is 0. The molecule has 0 aromatic heterocycles. The molecule has 0 bridgehead atoms. The molecule has 7 nitrogen and oxygen atoms in total. The Morgan fingerprint density at radius 2 is 1.84 bits per heavy atom. The number of benzene rings is 2. The fourth-order valence-corrected chi connectivity index (χ4v) is 5.87. The summed E-state index contributed by atoms with van der Waals surface area (Å²) in [6.07, 6.45) is 4.92. The summed E-state index contributed by atoms with van der Waals surface area (Å²) in [7, 11) is 0. The molecule has 1 N–H and O–H groups in total. The summed E-state index contributed by atoms with van der Waals surface area (Å²) in [5, 5.41) is 2.94. The average molecular weight is 503 g/mol. The molecule has 37 heavy (non-hydrogen) atoms. The van der Waals surface area contributed by atoms with Gasteiger partial charge in [0.15, 0.2) is 0 Å². The molecule has 2 atom stereocenters. The average Bonchev–Trinajstić information content (AvgIpc) is 2.86. The first-order chi connectivity index (χ1) is 17.9. The molecule has 1 saturated heterocycles. The third-order valence-corrected chi connectivity index (χ3v) is 7.89. The van der Waals surface area contributed by atoms with E-state index in [1.165, 1.54) is 19.3 Å². The number of carbonyl (C=O) groups is 3. The number of amides is 3. The predicted molar refractivity (Wildman–Crippen MR) is 146 cm³/mol. The number of piperazine rings is 1. The Labute approximate surface area is 219 Å². The number of nitrogens with zero attached hydrogens (tertiary/aromatic N) is 3. The Bertz CT molecular complexity index is 1160. The maximum Gasteiger partial charge on any atom is 0.258 e. The number of rotatable bonds is 8. The summed E-state index contributed by atoms with van der Waals surface area (Å²) in [4.78, 5) is 46.6. The van der Waals surface area contributed by atoms with Gasteiger partial charge in [0.1, 0.15) is 12.2 Å². The molecule has 1 aliphatic carbocycles. The van der Waals surface area contributed by atoms with Crippen molar-refractivity contribution in [2.45, 2.75) is 65.1 Å². The quantitative estimate of drug-likeness (QED) is 0.552. The molecule has 0 spiro atoms. The minimum Gasteiger partial charge on any atom is -0.349 e. The second-order valence-corrected chi connectivity index (χ2v) is 11.1. The van der Waals surface area contributed by atoms with Crippen LogP contribution in [0, 0.1) is 11.8 Å². The monoisotopic (exact) mass is 502 g/mol.